The molecule has 2 heterocycles. The van der Waals surface area contributed by atoms with Crippen LogP contribution in [0.4, 0.5) is 22.7 Å². The molecule has 0 fully saturated rings. The van der Waals surface area contributed by atoms with E-state index in [1.807, 2.05) is 6.07 Å². The van der Waals surface area contributed by atoms with Gasteiger partial charge in [0.05, 0.1) is 24.7 Å². The fourth-order valence-electron chi connectivity index (χ4n) is 4.37. The first-order valence-electron chi connectivity index (χ1n) is 11.7. The molecule has 2 aliphatic heterocycles. The SMILES string of the molecule is CCN1CN(C)Cc2c1c(O)cc1c2N(CC)CN(C)C1.COCOC.Nc1ccc(O)c(N)c1. The van der Waals surface area contributed by atoms with E-state index in [1.165, 1.54) is 28.9 Å². The molecule has 2 aromatic carbocycles. The van der Waals surface area contributed by atoms with E-state index in [4.69, 9.17) is 16.6 Å². The number of methoxy groups -OCH3 is 2. The van der Waals surface area contributed by atoms with Crippen molar-refractivity contribution in [1.82, 2.24) is 9.80 Å². The first-order valence-corrected chi connectivity index (χ1v) is 11.7. The van der Waals surface area contributed by atoms with Gasteiger partial charge in [0, 0.05) is 57.3 Å². The summed E-state index contributed by atoms with van der Waals surface area (Å²) in [6.45, 7) is 10.3. The fourth-order valence-corrected chi connectivity index (χ4v) is 4.37. The Morgan fingerprint density at radius 1 is 0.829 bits per heavy atom. The molecule has 0 unspecified atom stereocenters. The maximum atomic E-state index is 10.5. The van der Waals surface area contributed by atoms with E-state index < -0.39 is 0 Å². The van der Waals surface area contributed by atoms with Crippen LogP contribution in [0.3, 0.4) is 0 Å². The van der Waals surface area contributed by atoms with Gasteiger partial charge in [0.1, 0.15) is 18.3 Å². The highest BCUT2D eigenvalue weighted by molar-refractivity contribution is 5.78. The van der Waals surface area contributed by atoms with Crippen LogP contribution >= 0.6 is 0 Å². The van der Waals surface area contributed by atoms with E-state index in [0.29, 0.717) is 23.9 Å². The van der Waals surface area contributed by atoms with Crippen molar-refractivity contribution < 1.29 is 19.7 Å². The Labute approximate surface area is 209 Å². The van der Waals surface area contributed by atoms with Gasteiger partial charge in [-0.2, -0.15) is 0 Å². The summed E-state index contributed by atoms with van der Waals surface area (Å²) in [6, 6.07) is 6.53. The summed E-state index contributed by atoms with van der Waals surface area (Å²) in [4.78, 5) is 9.30. The van der Waals surface area contributed by atoms with E-state index in [9.17, 15) is 5.11 Å². The van der Waals surface area contributed by atoms with Crippen LogP contribution in [0.25, 0.3) is 0 Å². The van der Waals surface area contributed by atoms with Crippen LogP contribution < -0.4 is 21.3 Å². The van der Waals surface area contributed by atoms with Crippen LogP contribution in [0.15, 0.2) is 24.3 Å². The molecule has 0 saturated carbocycles. The number of nitrogens with zero attached hydrogens (tertiary/aromatic N) is 4. The van der Waals surface area contributed by atoms with Gasteiger partial charge in [-0.25, -0.2) is 0 Å². The molecule has 35 heavy (non-hydrogen) atoms. The second-order valence-electron chi connectivity index (χ2n) is 8.77. The molecule has 4 rings (SSSR count). The number of ether oxygens (including phenoxy) is 2. The Balaban J connectivity index is 0.000000255. The van der Waals surface area contributed by atoms with E-state index >= 15 is 0 Å². The number of rotatable bonds is 4. The smallest absolute Gasteiger partial charge is 0.145 e. The number of benzene rings is 2. The number of anilines is 4. The molecule has 0 bridgehead atoms. The second-order valence-corrected chi connectivity index (χ2v) is 8.77. The lowest BCUT2D eigenvalue weighted by Crippen LogP contribution is -2.44. The van der Waals surface area contributed by atoms with Gasteiger partial charge in [-0.3, -0.25) is 9.80 Å². The Morgan fingerprint density at radius 3 is 1.89 bits per heavy atom. The van der Waals surface area contributed by atoms with Gasteiger partial charge in [-0.1, -0.05) is 0 Å². The van der Waals surface area contributed by atoms with Gasteiger partial charge < -0.3 is 41.0 Å². The number of hydrogen-bond donors (Lipinski definition) is 4. The third-order valence-electron chi connectivity index (χ3n) is 5.81. The first-order chi connectivity index (χ1) is 16.7. The molecular formula is C25H42N6O4. The molecule has 0 aliphatic carbocycles. The first kappa shape index (κ1) is 28.3. The van der Waals surface area contributed by atoms with Crippen LogP contribution in [0.5, 0.6) is 11.5 Å². The number of nitrogen functional groups attached to an aromatic ring is 2. The van der Waals surface area contributed by atoms with E-state index in [-0.39, 0.29) is 5.75 Å². The standard InChI is InChI=1S/C16H26N4O.C6H8N2O.C3H8O2/c1-5-19-10-17(3)8-12-7-14(21)16-13(15(12)19)9-18(4)11-20(16)6-2;7-4-1-2-6(9)5(8)3-4;1-4-3-5-2/h7,21H,5-6,8-11H2,1-4H3;1-3,9H,7-8H2;3H2,1-2H3. The molecule has 6 N–H and O–H groups in total. The van der Waals surface area contributed by atoms with Crippen molar-refractivity contribution in [2.75, 3.05) is 82.8 Å². The van der Waals surface area contributed by atoms with Gasteiger partial charge >= 0.3 is 0 Å². The van der Waals surface area contributed by atoms with Crippen LogP contribution in [0.2, 0.25) is 0 Å². The molecule has 0 aromatic heterocycles. The molecule has 2 aromatic rings. The number of hydrogen-bond acceptors (Lipinski definition) is 10. The molecule has 0 saturated heterocycles. The van der Waals surface area contributed by atoms with Crippen molar-refractivity contribution in [3.63, 3.8) is 0 Å². The maximum absolute atomic E-state index is 10.5. The summed E-state index contributed by atoms with van der Waals surface area (Å²) in [5, 5.41) is 19.4. The third-order valence-corrected chi connectivity index (χ3v) is 5.81. The van der Waals surface area contributed by atoms with Gasteiger partial charge in [0.15, 0.2) is 0 Å². The summed E-state index contributed by atoms with van der Waals surface area (Å²) in [6.07, 6.45) is 0. The summed E-state index contributed by atoms with van der Waals surface area (Å²) < 4.78 is 8.94. The van der Waals surface area contributed by atoms with Crippen molar-refractivity contribution in [3.8, 4) is 11.5 Å². The Morgan fingerprint density at radius 2 is 1.40 bits per heavy atom. The number of phenols is 2. The van der Waals surface area contributed by atoms with Crippen molar-refractivity contribution in [2.24, 2.45) is 0 Å². The van der Waals surface area contributed by atoms with E-state index in [2.05, 4.69) is 57.0 Å². The molecule has 0 spiro atoms. The molecular weight excluding hydrogens is 448 g/mol. The lowest BCUT2D eigenvalue weighted by atomic mass is 9.98. The highest BCUT2D eigenvalue weighted by Gasteiger charge is 2.31. The summed E-state index contributed by atoms with van der Waals surface area (Å²) in [5.41, 5.74) is 16.4. The summed E-state index contributed by atoms with van der Waals surface area (Å²) in [7, 11) is 7.45. The minimum Gasteiger partial charge on any atom is -0.506 e. The van der Waals surface area contributed by atoms with Crippen LogP contribution in [-0.4, -0.2) is 81.5 Å². The summed E-state index contributed by atoms with van der Waals surface area (Å²) in [5.74, 6) is 0.509. The monoisotopic (exact) mass is 490 g/mol. The predicted molar refractivity (Wildman–Crippen MR) is 143 cm³/mol. The molecule has 2 aliphatic rings. The molecule has 10 heteroatoms. The normalized spacial score (nSPS) is 15.4. The maximum Gasteiger partial charge on any atom is 0.145 e. The minimum absolute atomic E-state index is 0.0733. The number of nitrogens with two attached hydrogens (primary N) is 2. The quantitative estimate of drug-likeness (QED) is 0.220. The lowest BCUT2D eigenvalue weighted by Gasteiger charge is -2.43. The highest BCUT2D eigenvalue weighted by atomic mass is 16.6. The van der Waals surface area contributed by atoms with Crippen LogP contribution in [-0.2, 0) is 22.6 Å². The van der Waals surface area contributed by atoms with Crippen molar-refractivity contribution in [2.45, 2.75) is 26.9 Å². The minimum atomic E-state index is 0.0733. The average Bonchev–Trinajstić information content (AvgIpc) is 2.81. The van der Waals surface area contributed by atoms with Crippen LogP contribution in [0.1, 0.15) is 25.0 Å². The Hall–Kier alpha value is -2.92. The molecule has 196 valence electrons. The largest absolute Gasteiger partial charge is 0.506 e. The van der Waals surface area contributed by atoms with Crippen LogP contribution in [0, 0.1) is 0 Å². The highest BCUT2D eigenvalue weighted by Crippen LogP contribution is 2.45. The zero-order valence-electron chi connectivity index (χ0n) is 21.9. The fraction of sp³-hybridized carbons (Fsp3) is 0.520. The van der Waals surface area contributed by atoms with Crippen molar-refractivity contribution in [1.29, 1.82) is 0 Å². The van der Waals surface area contributed by atoms with E-state index in [0.717, 1.165) is 45.2 Å². The van der Waals surface area contributed by atoms with Gasteiger partial charge in [0.2, 0.25) is 0 Å². The second kappa shape index (κ2) is 13.2. The Kier molecular flexibility index (Phi) is 10.7. The Bertz CT molecular complexity index is 956. The third kappa shape index (κ3) is 7.28. The number of phenolic OH excluding ortho intramolecular Hbond substituents is 2. The number of fused-ring (bicyclic) bond motifs is 3. The number of aromatic hydroxyl groups is 2. The molecule has 0 radical (unpaired) electrons. The van der Waals surface area contributed by atoms with Crippen molar-refractivity contribution in [3.05, 3.63) is 35.4 Å². The van der Waals surface area contributed by atoms with Gasteiger partial charge in [-0.05, 0) is 57.8 Å². The average molecular weight is 491 g/mol. The molecule has 0 amide bonds. The van der Waals surface area contributed by atoms with Gasteiger partial charge in [-0.15, -0.1) is 0 Å². The van der Waals surface area contributed by atoms with Crippen molar-refractivity contribution >= 4 is 22.7 Å². The topological polar surface area (TPSA) is 124 Å². The zero-order chi connectivity index (χ0) is 26.1. The lowest BCUT2D eigenvalue weighted by molar-refractivity contribution is -0.00272. The van der Waals surface area contributed by atoms with E-state index in [1.54, 1.807) is 20.3 Å². The zero-order valence-corrected chi connectivity index (χ0v) is 21.9. The predicted octanol–water partition coefficient (Wildman–Crippen LogP) is 2.64. The molecule has 0 atom stereocenters. The summed E-state index contributed by atoms with van der Waals surface area (Å²) >= 11 is 0. The molecule has 10 nitrogen and oxygen atoms in total. The van der Waals surface area contributed by atoms with Gasteiger partial charge in [0.25, 0.3) is 0 Å².